The third-order valence-electron chi connectivity index (χ3n) is 4.31. The zero-order valence-electron chi connectivity index (χ0n) is 13.9. The van der Waals surface area contributed by atoms with Crippen LogP contribution >= 0.6 is 11.6 Å². The maximum Gasteiger partial charge on any atom is 0.249 e. The van der Waals surface area contributed by atoms with Crippen LogP contribution in [0.2, 0.25) is 5.02 Å². The normalized spacial score (nSPS) is 17.2. The molecule has 1 N–H and O–H groups in total. The van der Waals surface area contributed by atoms with Gasteiger partial charge in [-0.1, -0.05) is 54.1 Å². The lowest BCUT2D eigenvalue weighted by Crippen LogP contribution is -2.35. The van der Waals surface area contributed by atoms with Gasteiger partial charge in [0, 0.05) is 42.7 Å². The molecule has 1 unspecified atom stereocenters. The van der Waals surface area contributed by atoms with Crippen molar-refractivity contribution in [1.82, 2.24) is 10.2 Å². The highest BCUT2D eigenvalue weighted by atomic mass is 35.5. The van der Waals surface area contributed by atoms with Gasteiger partial charge in [0.2, 0.25) is 11.8 Å². The van der Waals surface area contributed by atoms with Gasteiger partial charge < -0.3 is 10.2 Å². The molecular formula is C20H19ClN2O2. The molecule has 0 radical (unpaired) electrons. The molecule has 128 valence electrons. The number of benzene rings is 2. The first-order valence-corrected chi connectivity index (χ1v) is 8.47. The first-order chi connectivity index (χ1) is 12.0. The largest absolute Gasteiger partial charge is 0.348 e. The fraction of sp³-hybridized carbons (Fsp3) is 0.200. The molecule has 0 saturated heterocycles. The molecule has 0 aromatic heterocycles. The van der Waals surface area contributed by atoms with Gasteiger partial charge in [-0.2, -0.15) is 0 Å². The van der Waals surface area contributed by atoms with Gasteiger partial charge in [-0.25, -0.2) is 0 Å². The second-order valence-electron chi connectivity index (χ2n) is 6.07. The SMILES string of the molecule is CN1C=C(C(=O)NCc2ccccc2)C(c2ccc(Cl)cc2)CC1=O. The fourth-order valence-corrected chi connectivity index (χ4v) is 3.01. The van der Waals surface area contributed by atoms with Crippen molar-refractivity contribution < 1.29 is 9.59 Å². The third-order valence-corrected chi connectivity index (χ3v) is 4.56. The Balaban J connectivity index is 1.81. The fourth-order valence-electron chi connectivity index (χ4n) is 2.89. The maximum atomic E-state index is 12.7. The van der Waals surface area contributed by atoms with Crippen LogP contribution in [-0.2, 0) is 16.1 Å². The minimum absolute atomic E-state index is 0.0143. The number of halogens is 1. The molecule has 0 saturated carbocycles. The summed E-state index contributed by atoms with van der Waals surface area (Å²) in [6.07, 6.45) is 1.90. The first kappa shape index (κ1) is 17.2. The van der Waals surface area contributed by atoms with Crippen LogP contribution in [0.3, 0.4) is 0 Å². The minimum atomic E-state index is -0.267. The van der Waals surface area contributed by atoms with Crippen LogP contribution < -0.4 is 5.32 Å². The van der Waals surface area contributed by atoms with Gasteiger partial charge in [-0.3, -0.25) is 9.59 Å². The van der Waals surface area contributed by atoms with E-state index >= 15 is 0 Å². The molecule has 25 heavy (non-hydrogen) atoms. The molecule has 2 amide bonds. The molecule has 1 atom stereocenters. The van der Waals surface area contributed by atoms with Gasteiger partial charge in [-0.15, -0.1) is 0 Å². The predicted octanol–water partition coefficient (Wildman–Crippen LogP) is 3.49. The molecule has 2 aromatic rings. The van der Waals surface area contributed by atoms with E-state index in [2.05, 4.69) is 5.32 Å². The van der Waals surface area contributed by atoms with E-state index in [0.29, 0.717) is 17.1 Å². The standard InChI is InChI=1S/C20H19ClN2O2/c1-23-13-18(20(25)22-12-14-5-3-2-4-6-14)17(11-19(23)24)15-7-9-16(21)10-8-15/h2-10,13,17H,11-12H2,1H3,(H,22,25). The van der Waals surface area contributed by atoms with Crippen LogP contribution in [0, 0.1) is 0 Å². The molecule has 0 bridgehead atoms. The van der Waals surface area contributed by atoms with Crippen molar-refractivity contribution in [3.63, 3.8) is 0 Å². The monoisotopic (exact) mass is 354 g/mol. The summed E-state index contributed by atoms with van der Waals surface area (Å²) in [6, 6.07) is 17.0. The summed E-state index contributed by atoms with van der Waals surface area (Å²) in [4.78, 5) is 26.3. The number of amides is 2. The number of nitrogens with one attached hydrogen (secondary N) is 1. The van der Waals surface area contributed by atoms with Gasteiger partial charge in [0.15, 0.2) is 0 Å². The Bertz CT molecular complexity index is 800. The van der Waals surface area contributed by atoms with Crippen molar-refractivity contribution in [2.75, 3.05) is 7.05 Å². The van der Waals surface area contributed by atoms with Crippen LogP contribution in [-0.4, -0.2) is 23.8 Å². The second-order valence-corrected chi connectivity index (χ2v) is 6.50. The Morgan fingerprint density at radius 1 is 1.16 bits per heavy atom. The topological polar surface area (TPSA) is 49.4 Å². The number of carbonyl (C=O) groups is 2. The smallest absolute Gasteiger partial charge is 0.249 e. The van der Waals surface area contributed by atoms with Gasteiger partial charge in [0.25, 0.3) is 0 Å². The van der Waals surface area contributed by atoms with Gasteiger partial charge >= 0.3 is 0 Å². The van der Waals surface area contributed by atoms with E-state index in [1.807, 2.05) is 42.5 Å². The number of hydrogen-bond donors (Lipinski definition) is 1. The molecule has 1 heterocycles. The lowest BCUT2D eigenvalue weighted by atomic mass is 9.85. The Labute approximate surface area is 152 Å². The molecule has 0 spiro atoms. The zero-order chi connectivity index (χ0) is 17.8. The van der Waals surface area contributed by atoms with E-state index in [1.165, 1.54) is 4.90 Å². The Morgan fingerprint density at radius 3 is 2.52 bits per heavy atom. The summed E-state index contributed by atoms with van der Waals surface area (Å²) in [5.74, 6) is -0.445. The molecule has 4 nitrogen and oxygen atoms in total. The van der Waals surface area contributed by atoms with Crippen molar-refractivity contribution in [3.05, 3.63) is 82.5 Å². The highest BCUT2D eigenvalue weighted by Gasteiger charge is 2.31. The third kappa shape index (κ3) is 4.09. The Morgan fingerprint density at radius 2 is 1.84 bits per heavy atom. The lowest BCUT2D eigenvalue weighted by Gasteiger charge is -2.28. The molecule has 0 fully saturated rings. The average Bonchev–Trinajstić information content (AvgIpc) is 2.63. The summed E-state index contributed by atoms with van der Waals surface area (Å²) >= 11 is 5.95. The second kappa shape index (κ2) is 7.53. The van der Waals surface area contributed by atoms with E-state index in [9.17, 15) is 9.59 Å². The van der Waals surface area contributed by atoms with Gasteiger partial charge in [-0.05, 0) is 23.3 Å². The summed E-state index contributed by atoms with van der Waals surface area (Å²) in [6.45, 7) is 0.446. The Hall–Kier alpha value is -2.59. The molecule has 3 rings (SSSR count). The number of nitrogens with zero attached hydrogens (tertiary/aromatic N) is 1. The number of rotatable bonds is 4. The average molecular weight is 355 g/mol. The molecule has 1 aliphatic rings. The van der Waals surface area contributed by atoms with E-state index < -0.39 is 0 Å². The van der Waals surface area contributed by atoms with Crippen LogP contribution in [0.15, 0.2) is 66.4 Å². The van der Waals surface area contributed by atoms with Crippen molar-refractivity contribution >= 4 is 23.4 Å². The van der Waals surface area contributed by atoms with Gasteiger partial charge in [0.05, 0.1) is 0 Å². The van der Waals surface area contributed by atoms with Crippen LogP contribution in [0.5, 0.6) is 0 Å². The van der Waals surface area contributed by atoms with Crippen LogP contribution in [0.1, 0.15) is 23.5 Å². The van der Waals surface area contributed by atoms with Crippen molar-refractivity contribution in [2.24, 2.45) is 0 Å². The summed E-state index contributed by atoms with van der Waals surface area (Å²) < 4.78 is 0. The van der Waals surface area contributed by atoms with E-state index in [-0.39, 0.29) is 24.2 Å². The molecular weight excluding hydrogens is 336 g/mol. The van der Waals surface area contributed by atoms with Crippen molar-refractivity contribution in [1.29, 1.82) is 0 Å². The predicted molar refractivity (Wildman–Crippen MR) is 98.0 cm³/mol. The molecule has 0 aliphatic carbocycles. The van der Waals surface area contributed by atoms with E-state index in [1.54, 1.807) is 25.4 Å². The van der Waals surface area contributed by atoms with Crippen molar-refractivity contribution in [2.45, 2.75) is 18.9 Å². The quantitative estimate of drug-likeness (QED) is 0.913. The zero-order valence-corrected chi connectivity index (χ0v) is 14.7. The highest BCUT2D eigenvalue weighted by molar-refractivity contribution is 6.30. The first-order valence-electron chi connectivity index (χ1n) is 8.09. The van der Waals surface area contributed by atoms with E-state index in [0.717, 1.165) is 11.1 Å². The molecule has 1 aliphatic heterocycles. The van der Waals surface area contributed by atoms with E-state index in [4.69, 9.17) is 11.6 Å². The highest BCUT2D eigenvalue weighted by Crippen LogP contribution is 2.33. The maximum absolute atomic E-state index is 12.7. The van der Waals surface area contributed by atoms with Crippen LogP contribution in [0.25, 0.3) is 0 Å². The van der Waals surface area contributed by atoms with Gasteiger partial charge in [0.1, 0.15) is 0 Å². The van der Waals surface area contributed by atoms with Crippen molar-refractivity contribution in [3.8, 4) is 0 Å². The molecule has 5 heteroatoms. The summed E-state index contributed by atoms with van der Waals surface area (Å²) in [5.41, 5.74) is 2.52. The minimum Gasteiger partial charge on any atom is -0.348 e. The summed E-state index contributed by atoms with van der Waals surface area (Å²) in [5, 5.41) is 3.57. The Kier molecular flexibility index (Phi) is 5.19. The molecule has 2 aromatic carbocycles. The number of hydrogen-bond acceptors (Lipinski definition) is 2. The van der Waals surface area contributed by atoms with Crippen LogP contribution in [0.4, 0.5) is 0 Å². The summed E-state index contributed by atoms with van der Waals surface area (Å²) in [7, 11) is 1.67. The lowest BCUT2D eigenvalue weighted by molar-refractivity contribution is -0.128. The number of carbonyl (C=O) groups excluding carboxylic acids is 2.